The number of allylic oxidation sites excluding steroid dienone is 2. The molecule has 0 bridgehead atoms. The number of rotatable bonds is 9. The van der Waals surface area contributed by atoms with Crippen LogP contribution in [-0.2, 0) is 9.59 Å². The van der Waals surface area contributed by atoms with E-state index in [0.29, 0.717) is 39.4 Å². The summed E-state index contributed by atoms with van der Waals surface area (Å²) in [5, 5.41) is 5.81. The fraction of sp³-hybridized carbons (Fsp3) is 0.121. The lowest BCUT2D eigenvalue weighted by Crippen LogP contribution is -2.16. The van der Waals surface area contributed by atoms with Crippen LogP contribution in [0, 0.1) is 13.8 Å². The van der Waals surface area contributed by atoms with E-state index in [9.17, 15) is 14.4 Å². The maximum atomic E-state index is 13.4. The number of aryl methyl sites for hydroxylation is 2. The van der Waals surface area contributed by atoms with Crippen LogP contribution in [-0.4, -0.2) is 38.0 Å². The van der Waals surface area contributed by atoms with Crippen molar-refractivity contribution in [2.45, 2.75) is 25.1 Å². The molecule has 2 N–H and O–H groups in total. The van der Waals surface area contributed by atoms with Gasteiger partial charge in [0, 0.05) is 22.5 Å². The van der Waals surface area contributed by atoms with Crippen LogP contribution in [0.1, 0.15) is 28.7 Å². The molecule has 3 aromatic carbocycles. The summed E-state index contributed by atoms with van der Waals surface area (Å²) in [5.41, 5.74) is 5.95. The predicted octanol–water partition coefficient (Wildman–Crippen LogP) is 7.31. The zero-order valence-corrected chi connectivity index (χ0v) is 25.6. The molecule has 2 aromatic heterocycles. The third kappa shape index (κ3) is 6.35. The van der Waals surface area contributed by atoms with Gasteiger partial charge in [-0.15, -0.1) is 11.3 Å². The Kier molecular flexibility index (Phi) is 8.70. The van der Waals surface area contributed by atoms with Gasteiger partial charge in [0.25, 0.3) is 11.8 Å². The third-order valence-electron chi connectivity index (χ3n) is 6.82. The Morgan fingerprint density at radius 2 is 1.65 bits per heavy atom. The van der Waals surface area contributed by atoms with Gasteiger partial charge in [-0.3, -0.25) is 19.0 Å². The third-order valence-corrected chi connectivity index (χ3v) is 8.98. The second-order valence-corrected chi connectivity index (χ2v) is 12.0. The number of carbonyl (C=O) groups excluding carboxylic acids is 3. The molecule has 43 heavy (non-hydrogen) atoms. The molecule has 216 valence electrons. The van der Waals surface area contributed by atoms with Crippen molar-refractivity contribution in [2.24, 2.45) is 0 Å². The quantitative estimate of drug-likeness (QED) is 0.103. The van der Waals surface area contributed by atoms with Crippen LogP contribution >= 0.6 is 23.1 Å². The molecule has 2 amide bonds. The minimum Gasteiger partial charge on any atom is -0.325 e. The Morgan fingerprint density at radius 3 is 2.37 bits per heavy atom. The van der Waals surface area contributed by atoms with E-state index in [1.807, 2.05) is 37.3 Å². The first-order valence-corrected chi connectivity index (χ1v) is 15.2. The van der Waals surface area contributed by atoms with Crippen molar-refractivity contribution in [3.05, 3.63) is 114 Å². The second kappa shape index (κ2) is 12.6. The number of imidazole rings is 1. The Hall–Kier alpha value is -4.80. The number of amides is 2. The van der Waals surface area contributed by atoms with Gasteiger partial charge in [0.1, 0.15) is 5.82 Å². The molecular formula is C33H29N5O3S2. The first kappa shape index (κ1) is 29.7. The molecule has 0 saturated heterocycles. The maximum absolute atomic E-state index is 13.4. The monoisotopic (exact) mass is 607 g/mol. The average molecular weight is 608 g/mol. The van der Waals surface area contributed by atoms with Crippen LogP contribution in [0.25, 0.3) is 21.3 Å². The normalized spacial score (nSPS) is 11.7. The van der Waals surface area contributed by atoms with E-state index in [1.54, 1.807) is 54.8 Å². The summed E-state index contributed by atoms with van der Waals surface area (Å²) < 4.78 is 3.20. The lowest BCUT2D eigenvalue weighted by atomic mass is 10.1. The Bertz CT molecular complexity index is 1970. The molecule has 5 aromatic rings. The molecule has 8 nitrogen and oxygen atoms in total. The Balaban J connectivity index is 1.26. The first-order chi connectivity index (χ1) is 20.7. The highest BCUT2D eigenvalue weighted by Crippen LogP contribution is 2.32. The van der Waals surface area contributed by atoms with Crippen molar-refractivity contribution in [2.75, 3.05) is 16.4 Å². The number of thioether (sulfide) groups is 1. The SMILES string of the molecule is C=C/C(C)=C(\C=C)C(=O)Nc1ccc2nc(SCC(=O)Nc3ccc4nc(C)n(C(=O)c5ccccc5C)c4c3)sc2c1. The van der Waals surface area contributed by atoms with E-state index in [0.717, 1.165) is 25.7 Å². The second-order valence-electron chi connectivity index (χ2n) is 9.78. The van der Waals surface area contributed by atoms with E-state index in [1.165, 1.54) is 29.2 Å². The molecule has 2 heterocycles. The van der Waals surface area contributed by atoms with E-state index in [-0.39, 0.29) is 23.5 Å². The topological polar surface area (TPSA) is 106 Å². The maximum Gasteiger partial charge on any atom is 0.264 e. The van der Waals surface area contributed by atoms with E-state index in [4.69, 9.17) is 0 Å². The van der Waals surface area contributed by atoms with Gasteiger partial charge in [-0.05, 0) is 74.4 Å². The van der Waals surface area contributed by atoms with Crippen molar-refractivity contribution in [3.63, 3.8) is 0 Å². The molecular weight excluding hydrogens is 579 g/mol. The van der Waals surface area contributed by atoms with E-state index in [2.05, 4.69) is 33.8 Å². The van der Waals surface area contributed by atoms with Crippen LogP contribution in [0.2, 0.25) is 0 Å². The van der Waals surface area contributed by atoms with Crippen LogP contribution in [0.4, 0.5) is 11.4 Å². The molecule has 0 aliphatic heterocycles. The number of nitrogens with one attached hydrogen (secondary N) is 2. The summed E-state index contributed by atoms with van der Waals surface area (Å²) in [7, 11) is 0. The highest BCUT2D eigenvalue weighted by Gasteiger charge is 2.18. The number of hydrogen-bond donors (Lipinski definition) is 2. The summed E-state index contributed by atoms with van der Waals surface area (Å²) in [6.45, 7) is 12.9. The largest absolute Gasteiger partial charge is 0.325 e. The lowest BCUT2D eigenvalue weighted by Gasteiger charge is -2.09. The summed E-state index contributed by atoms with van der Waals surface area (Å²) >= 11 is 2.77. The zero-order valence-electron chi connectivity index (χ0n) is 23.9. The predicted molar refractivity (Wildman–Crippen MR) is 176 cm³/mol. The van der Waals surface area contributed by atoms with Gasteiger partial charge in [-0.25, -0.2) is 9.97 Å². The molecule has 0 fully saturated rings. The molecule has 5 rings (SSSR count). The molecule has 0 radical (unpaired) electrons. The molecule has 0 aliphatic carbocycles. The Labute approximate surface area is 257 Å². The molecule has 10 heteroatoms. The van der Waals surface area contributed by atoms with E-state index >= 15 is 0 Å². The number of fused-ring (bicyclic) bond motifs is 2. The number of benzene rings is 3. The van der Waals surface area contributed by atoms with Crippen molar-refractivity contribution in [3.8, 4) is 0 Å². The van der Waals surface area contributed by atoms with Gasteiger partial charge in [-0.2, -0.15) is 0 Å². The Morgan fingerprint density at radius 1 is 0.930 bits per heavy atom. The van der Waals surface area contributed by atoms with Crippen LogP contribution < -0.4 is 10.6 Å². The van der Waals surface area contributed by atoms with E-state index < -0.39 is 0 Å². The van der Waals surface area contributed by atoms with Crippen molar-refractivity contribution in [1.82, 2.24) is 14.5 Å². The van der Waals surface area contributed by atoms with Gasteiger partial charge >= 0.3 is 0 Å². The minimum absolute atomic E-state index is 0.149. The van der Waals surface area contributed by atoms with Crippen LogP contribution in [0.15, 0.2) is 101 Å². The van der Waals surface area contributed by atoms with Crippen molar-refractivity contribution < 1.29 is 14.4 Å². The standard InChI is InChI=1S/C33H29N5O3S2/c1-6-19(3)24(7-2)31(40)36-23-13-15-27-29(17-23)43-33(37-27)42-18-30(39)35-22-12-14-26-28(16-22)38(21(5)34-26)32(41)25-11-9-8-10-20(25)4/h6-17H,1-2,18H2,3-5H3,(H,35,39)(H,36,40)/b24-19+. The van der Waals surface area contributed by atoms with Crippen LogP contribution in [0.5, 0.6) is 0 Å². The fourth-order valence-electron chi connectivity index (χ4n) is 4.57. The average Bonchev–Trinajstić information content (AvgIpc) is 3.55. The molecule has 0 unspecified atom stereocenters. The molecule has 0 aliphatic rings. The van der Waals surface area contributed by atoms with Gasteiger partial charge in [0.15, 0.2) is 4.34 Å². The van der Waals surface area contributed by atoms with Crippen molar-refractivity contribution >= 4 is 73.4 Å². The van der Waals surface area contributed by atoms with Gasteiger partial charge in [-0.1, -0.05) is 55.3 Å². The lowest BCUT2D eigenvalue weighted by molar-refractivity contribution is -0.114. The summed E-state index contributed by atoms with van der Waals surface area (Å²) in [4.78, 5) is 48.0. The number of anilines is 2. The van der Waals surface area contributed by atoms with Gasteiger partial charge in [0.05, 0.1) is 27.0 Å². The summed E-state index contributed by atoms with van der Waals surface area (Å²) in [6, 6.07) is 18.2. The highest BCUT2D eigenvalue weighted by atomic mass is 32.2. The summed E-state index contributed by atoms with van der Waals surface area (Å²) in [5.74, 6) is 0.0887. The fourth-order valence-corrected chi connectivity index (χ4v) is 6.48. The molecule has 0 saturated carbocycles. The van der Waals surface area contributed by atoms with Crippen LogP contribution in [0.3, 0.4) is 0 Å². The number of aromatic nitrogens is 3. The van der Waals surface area contributed by atoms with Gasteiger partial charge in [0.2, 0.25) is 5.91 Å². The number of thiazole rings is 1. The van der Waals surface area contributed by atoms with Gasteiger partial charge < -0.3 is 10.6 Å². The zero-order chi connectivity index (χ0) is 30.7. The molecule has 0 atom stereocenters. The highest BCUT2D eigenvalue weighted by molar-refractivity contribution is 8.01. The minimum atomic E-state index is -0.265. The smallest absolute Gasteiger partial charge is 0.264 e. The number of nitrogens with zero attached hydrogens (tertiary/aromatic N) is 3. The first-order valence-electron chi connectivity index (χ1n) is 13.4. The number of hydrogen-bond acceptors (Lipinski definition) is 7. The van der Waals surface area contributed by atoms with Crippen molar-refractivity contribution in [1.29, 1.82) is 0 Å². The number of carbonyl (C=O) groups is 3. The molecule has 0 spiro atoms. The summed E-state index contributed by atoms with van der Waals surface area (Å²) in [6.07, 6.45) is 3.13.